The molecule has 0 unspecified atom stereocenters. The molecule has 1 heterocycles. The molecule has 0 radical (unpaired) electrons. The monoisotopic (exact) mass is 288 g/mol. The van der Waals surface area contributed by atoms with Gasteiger partial charge in [0.05, 0.1) is 3.79 Å². The van der Waals surface area contributed by atoms with Crippen molar-refractivity contribution in [2.24, 2.45) is 5.92 Å². The minimum atomic E-state index is -0.888. The van der Waals surface area contributed by atoms with Crippen LogP contribution < -0.4 is 0 Å². The van der Waals surface area contributed by atoms with Gasteiger partial charge >= 0.3 is 5.97 Å². The number of aryl methyl sites for hydroxylation is 1. The van der Waals surface area contributed by atoms with Gasteiger partial charge in [-0.15, -0.1) is 11.3 Å². The number of halogens is 1. The highest BCUT2D eigenvalue weighted by Gasteiger charge is 2.12. The molecule has 1 aromatic rings. The van der Waals surface area contributed by atoms with Crippen LogP contribution in [0.5, 0.6) is 0 Å². The normalized spacial score (nSPS) is 12.2. The predicted octanol–water partition coefficient (Wildman–Crippen LogP) is 3.94. The predicted molar refractivity (Wildman–Crippen MR) is 67.2 cm³/mol. The van der Waals surface area contributed by atoms with Crippen molar-refractivity contribution in [3.63, 3.8) is 0 Å². The number of hydrogen-bond acceptors (Lipinski definition) is 2. The Hall–Kier alpha value is -0.610. The second-order valence-corrected chi connectivity index (χ2v) is 6.03. The highest BCUT2D eigenvalue weighted by atomic mass is 79.9. The lowest BCUT2D eigenvalue weighted by molar-refractivity contribution is -0.131. The van der Waals surface area contributed by atoms with Crippen molar-refractivity contribution in [2.45, 2.75) is 20.8 Å². The van der Waals surface area contributed by atoms with Crippen molar-refractivity contribution in [1.82, 2.24) is 0 Å². The number of thiophene rings is 1. The van der Waals surface area contributed by atoms with Crippen LogP contribution in [-0.2, 0) is 4.79 Å². The fourth-order valence-corrected chi connectivity index (χ4v) is 2.96. The van der Waals surface area contributed by atoms with E-state index in [4.69, 9.17) is 5.11 Å². The Morgan fingerprint density at radius 1 is 1.60 bits per heavy atom. The van der Waals surface area contributed by atoms with E-state index in [2.05, 4.69) is 15.9 Å². The van der Waals surface area contributed by atoms with Gasteiger partial charge in [-0.1, -0.05) is 13.8 Å². The van der Waals surface area contributed by atoms with E-state index in [1.165, 1.54) is 6.08 Å². The standard InChI is InChI=1S/C11H13BrO2S/c1-6(2)8(5-10(13)14)9-4-7(3)11(12)15-9/h4-6H,1-3H3,(H,13,14). The first-order chi connectivity index (χ1) is 6.91. The van der Waals surface area contributed by atoms with Gasteiger partial charge in [0.1, 0.15) is 0 Å². The first-order valence-corrected chi connectivity index (χ1v) is 6.23. The smallest absolute Gasteiger partial charge is 0.328 e. The maximum atomic E-state index is 10.7. The average molecular weight is 289 g/mol. The first-order valence-electron chi connectivity index (χ1n) is 4.62. The second kappa shape index (κ2) is 4.94. The number of allylic oxidation sites excluding steroid dienone is 1. The van der Waals surface area contributed by atoms with Gasteiger partial charge in [-0.2, -0.15) is 0 Å². The highest BCUT2D eigenvalue weighted by molar-refractivity contribution is 9.11. The third kappa shape index (κ3) is 3.18. The van der Waals surface area contributed by atoms with Crippen LogP contribution in [0.15, 0.2) is 15.9 Å². The van der Waals surface area contributed by atoms with Crippen molar-refractivity contribution in [3.05, 3.63) is 26.4 Å². The maximum Gasteiger partial charge on any atom is 0.328 e. The lowest BCUT2D eigenvalue weighted by Gasteiger charge is -2.07. The second-order valence-electron chi connectivity index (χ2n) is 3.66. The quantitative estimate of drug-likeness (QED) is 0.856. The maximum absolute atomic E-state index is 10.7. The van der Waals surface area contributed by atoms with Crippen molar-refractivity contribution < 1.29 is 9.90 Å². The van der Waals surface area contributed by atoms with E-state index in [1.54, 1.807) is 11.3 Å². The number of rotatable bonds is 3. The van der Waals surface area contributed by atoms with Crippen LogP contribution in [-0.4, -0.2) is 11.1 Å². The number of aliphatic carboxylic acids is 1. The summed E-state index contributed by atoms with van der Waals surface area (Å²) >= 11 is 5.02. The molecule has 0 aliphatic carbocycles. The number of hydrogen-bond donors (Lipinski definition) is 1. The van der Waals surface area contributed by atoms with Gasteiger partial charge in [0, 0.05) is 11.0 Å². The van der Waals surface area contributed by atoms with Gasteiger partial charge in [-0.05, 0) is 46.0 Å². The SMILES string of the molecule is Cc1cc(C(=CC(=O)O)C(C)C)sc1Br. The fourth-order valence-electron chi connectivity index (χ4n) is 1.26. The summed E-state index contributed by atoms with van der Waals surface area (Å²) in [4.78, 5) is 11.7. The Bertz CT molecular complexity index is 385. The molecule has 4 heteroatoms. The van der Waals surface area contributed by atoms with E-state index in [0.717, 1.165) is 19.8 Å². The lowest BCUT2D eigenvalue weighted by Crippen LogP contribution is -1.96. The molecule has 0 amide bonds. The van der Waals surface area contributed by atoms with Gasteiger partial charge in [-0.3, -0.25) is 0 Å². The molecule has 82 valence electrons. The Labute approximate surface area is 102 Å². The molecule has 0 aliphatic rings. The Balaban J connectivity index is 3.16. The number of carboxylic acid groups (broad SMARTS) is 1. The van der Waals surface area contributed by atoms with Gasteiger partial charge in [-0.25, -0.2) is 4.79 Å². The minimum absolute atomic E-state index is 0.214. The summed E-state index contributed by atoms with van der Waals surface area (Å²) in [6.07, 6.45) is 1.29. The van der Waals surface area contributed by atoms with E-state index >= 15 is 0 Å². The fraction of sp³-hybridized carbons (Fsp3) is 0.364. The molecule has 0 saturated carbocycles. The van der Waals surface area contributed by atoms with E-state index in [1.807, 2.05) is 26.8 Å². The van der Waals surface area contributed by atoms with E-state index in [0.29, 0.717) is 0 Å². The molecule has 0 bridgehead atoms. The third-order valence-electron chi connectivity index (χ3n) is 2.04. The van der Waals surface area contributed by atoms with Crippen molar-refractivity contribution in [1.29, 1.82) is 0 Å². The zero-order valence-electron chi connectivity index (χ0n) is 8.87. The highest BCUT2D eigenvalue weighted by Crippen LogP contribution is 2.34. The summed E-state index contributed by atoms with van der Waals surface area (Å²) in [7, 11) is 0. The molecule has 0 atom stereocenters. The van der Waals surface area contributed by atoms with E-state index in [-0.39, 0.29) is 5.92 Å². The molecule has 0 aliphatic heterocycles. The van der Waals surface area contributed by atoms with Crippen molar-refractivity contribution in [3.8, 4) is 0 Å². The van der Waals surface area contributed by atoms with Gasteiger partial charge in [0.25, 0.3) is 0 Å². The summed E-state index contributed by atoms with van der Waals surface area (Å²) in [6, 6.07) is 2.02. The summed E-state index contributed by atoms with van der Waals surface area (Å²) in [5.41, 5.74) is 2.02. The Kier molecular flexibility index (Phi) is 4.11. The van der Waals surface area contributed by atoms with E-state index in [9.17, 15) is 4.79 Å². The van der Waals surface area contributed by atoms with Crippen LogP contribution in [0.25, 0.3) is 5.57 Å². The van der Waals surface area contributed by atoms with Crippen molar-refractivity contribution >= 4 is 38.8 Å². The number of carbonyl (C=O) groups is 1. The summed E-state index contributed by atoms with van der Waals surface area (Å²) < 4.78 is 1.06. The molecule has 2 nitrogen and oxygen atoms in total. The molecule has 0 aromatic carbocycles. The Morgan fingerprint density at radius 3 is 2.53 bits per heavy atom. The van der Waals surface area contributed by atoms with Gasteiger partial charge < -0.3 is 5.11 Å². The molecular weight excluding hydrogens is 276 g/mol. The van der Waals surface area contributed by atoms with Crippen LogP contribution in [0.1, 0.15) is 24.3 Å². The molecule has 0 saturated heterocycles. The zero-order chi connectivity index (χ0) is 11.6. The topological polar surface area (TPSA) is 37.3 Å². The van der Waals surface area contributed by atoms with Crippen LogP contribution in [0.2, 0.25) is 0 Å². The van der Waals surface area contributed by atoms with Gasteiger partial charge in [0.2, 0.25) is 0 Å². The van der Waals surface area contributed by atoms with Crippen LogP contribution >= 0.6 is 27.3 Å². The lowest BCUT2D eigenvalue weighted by atomic mass is 10.0. The summed E-state index contributed by atoms with van der Waals surface area (Å²) in [5.74, 6) is -0.674. The van der Waals surface area contributed by atoms with Crippen molar-refractivity contribution in [2.75, 3.05) is 0 Å². The zero-order valence-corrected chi connectivity index (χ0v) is 11.3. The van der Waals surface area contributed by atoms with Crippen LogP contribution in [0.4, 0.5) is 0 Å². The first kappa shape index (κ1) is 12.5. The third-order valence-corrected chi connectivity index (χ3v) is 4.23. The largest absolute Gasteiger partial charge is 0.478 e. The minimum Gasteiger partial charge on any atom is -0.478 e. The van der Waals surface area contributed by atoms with E-state index < -0.39 is 5.97 Å². The number of carboxylic acids is 1. The summed E-state index contributed by atoms with van der Waals surface area (Å²) in [6.45, 7) is 6.00. The molecule has 1 N–H and O–H groups in total. The molecule has 0 fully saturated rings. The molecule has 0 spiro atoms. The molecule has 1 aromatic heterocycles. The molecule has 1 rings (SSSR count). The van der Waals surface area contributed by atoms with Gasteiger partial charge in [0.15, 0.2) is 0 Å². The molecule has 15 heavy (non-hydrogen) atoms. The average Bonchev–Trinajstić information content (AvgIpc) is 2.42. The molecular formula is C11H13BrO2S. The summed E-state index contributed by atoms with van der Waals surface area (Å²) in [5, 5.41) is 8.79. The Morgan fingerprint density at radius 2 is 2.20 bits per heavy atom. The van der Waals surface area contributed by atoms with Crippen LogP contribution in [0.3, 0.4) is 0 Å². The van der Waals surface area contributed by atoms with Crippen LogP contribution in [0, 0.1) is 12.8 Å².